The number of carbonyl (C=O) groups is 2. The zero-order chi connectivity index (χ0) is 14.5. The number of aliphatic carboxylic acids is 1. The molecule has 0 bridgehead atoms. The van der Waals surface area contributed by atoms with Crippen molar-refractivity contribution in [3.8, 4) is 0 Å². The highest BCUT2D eigenvalue weighted by Crippen LogP contribution is 2.19. The zero-order valence-electron chi connectivity index (χ0n) is 11.5. The number of likely N-dealkylation sites (tertiary alicyclic amines) is 1. The van der Waals surface area contributed by atoms with Crippen molar-refractivity contribution in [2.75, 3.05) is 19.6 Å². The number of nitrogens with one attached hydrogen (secondary N) is 1. The largest absolute Gasteiger partial charge is 0.481 e. The molecule has 0 radical (unpaired) electrons. The SMILES string of the molecule is CC(NC(=O)CN1CCC(CC(=O)O)C1)c1ccco1. The van der Waals surface area contributed by atoms with Gasteiger partial charge in [-0.15, -0.1) is 0 Å². The van der Waals surface area contributed by atoms with E-state index in [9.17, 15) is 9.59 Å². The summed E-state index contributed by atoms with van der Waals surface area (Å²) in [6, 6.07) is 3.45. The summed E-state index contributed by atoms with van der Waals surface area (Å²) >= 11 is 0. The lowest BCUT2D eigenvalue weighted by atomic mass is 10.1. The fourth-order valence-corrected chi connectivity index (χ4v) is 2.57. The van der Waals surface area contributed by atoms with Gasteiger partial charge in [-0.25, -0.2) is 0 Å². The number of rotatable bonds is 6. The normalized spacial score (nSPS) is 20.8. The van der Waals surface area contributed by atoms with Crippen LogP contribution in [0.4, 0.5) is 0 Å². The van der Waals surface area contributed by atoms with E-state index in [4.69, 9.17) is 9.52 Å². The van der Waals surface area contributed by atoms with Crippen LogP contribution in [0, 0.1) is 5.92 Å². The van der Waals surface area contributed by atoms with E-state index in [1.807, 2.05) is 17.9 Å². The lowest BCUT2D eigenvalue weighted by Crippen LogP contribution is -2.37. The summed E-state index contributed by atoms with van der Waals surface area (Å²) in [5.41, 5.74) is 0. The van der Waals surface area contributed by atoms with Gasteiger partial charge in [0.2, 0.25) is 5.91 Å². The summed E-state index contributed by atoms with van der Waals surface area (Å²) in [6.45, 7) is 3.63. The third-order valence-corrected chi connectivity index (χ3v) is 3.55. The van der Waals surface area contributed by atoms with Crippen molar-refractivity contribution >= 4 is 11.9 Å². The Morgan fingerprint density at radius 2 is 2.40 bits per heavy atom. The molecule has 20 heavy (non-hydrogen) atoms. The van der Waals surface area contributed by atoms with Crippen LogP contribution in [0.15, 0.2) is 22.8 Å². The Labute approximate surface area is 117 Å². The number of nitrogens with zero attached hydrogens (tertiary/aromatic N) is 1. The molecule has 0 aromatic carbocycles. The molecule has 2 heterocycles. The lowest BCUT2D eigenvalue weighted by Gasteiger charge is -2.17. The Morgan fingerprint density at radius 1 is 1.60 bits per heavy atom. The Kier molecular flexibility index (Phi) is 4.79. The molecule has 110 valence electrons. The quantitative estimate of drug-likeness (QED) is 0.819. The van der Waals surface area contributed by atoms with Crippen LogP contribution in [0.3, 0.4) is 0 Å². The molecule has 2 rings (SSSR count). The third kappa shape index (κ3) is 4.09. The first-order valence-corrected chi connectivity index (χ1v) is 6.81. The van der Waals surface area contributed by atoms with Gasteiger partial charge >= 0.3 is 5.97 Å². The van der Waals surface area contributed by atoms with Gasteiger partial charge in [-0.1, -0.05) is 0 Å². The van der Waals surface area contributed by atoms with Gasteiger partial charge in [0.25, 0.3) is 0 Å². The number of amides is 1. The van der Waals surface area contributed by atoms with Crippen molar-refractivity contribution in [2.24, 2.45) is 5.92 Å². The second-order valence-corrected chi connectivity index (χ2v) is 5.29. The van der Waals surface area contributed by atoms with E-state index in [-0.39, 0.29) is 24.3 Å². The molecule has 1 aromatic heterocycles. The summed E-state index contributed by atoms with van der Waals surface area (Å²) in [5, 5.41) is 11.6. The van der Waals surface area contributed by atoms with E-state index in [0.717, 1.165) is 18.7 Å². The highest BCUT2D eigenvalue weighted by atomic mass is 16.4. The molecule has 1 aliphatic heterocycles. The van der Waals surface area contributed by atoms with Crippen LogP contribution in [0.25, 0.3) is 0 Å². The van der Waals surface area contributed by atoms with Crippen LogP contribution < -0.4 is 5.32 Å². The molecule has 1 saturated heterocycles. The van der Waals surface area contributed by atoms with E-state index in [2.05, 4.69) is 5.32 Å². The van der Waals surface area contributed by atoms with Gasteiger partial charge in [-0.05, 0) is 37.9 Å². The minimum atomic E-state index is -0.771. The monoisotopic (exact) mass is 280 g/mol. The number of carbonyl (C=O) groups excluding carboxylic acids is 1. The zero-order valence-corrected chi connectivity index (χ0v) is 11.5. The van der Waals surface area contributed by atoms with Gasteiger partial charge in [0, 0.05) is 13.0 Å². The molecule has 2 N–H and O–H groups in total. The minimum Gasteiger partial charge on any atom is -0.481 e. The molecule has 1 aromatic rings. The first-order valence-electron chi connectivity index (χ1n) is 6.81. The van der Waals surface area contributed by atoms with Crippen molar-refractivity contribution in [1.82, 2.24) is 10.2 Å². The molecule has 0 spiro atoms. The van der Waals surface area contributed by atoms with Crippen LogP contribution in [0.2, 0.25) is 0 Å². The molecule has 1 aliphatic rings. The second-order valence-electron chi connectivity index (χ2n) is 5.29. The van der Waals surface area contributed by atoms with Crippen molar-refractivity contribution in [3.63, 3.8) is 0 Å². The Bertz CT molecular complexity index is 458. The molecule has 2 atom stereocenters. The van der Waals surface area contributed by atoms with Crippen LogP contribution in [0.1, 0.15) is 31.6 Å². The number of carboxylic acid groups (broad SMARTS) is 1. The summed E-state index contributed by atoms with van der Waals surface area (Å²) in [5.74, 6) is 0.0453. The Balaban J connectivity index is 1.74. The molecule has 1 amide bonds. The maximum atomic E-state index is 11.9. The maximum Gasteiger partial charge on any atom is 0.303 e. The van der Waals surface area contributed by atoms with E-state index >= 15 is 0 Å². The smallest absolute Gasteiger partial charge is 0.303 e. The average Bonchev–Trinajstić information content (AvgIpc) is 2.99. The summed E-state index contributed by atoms with van der Waals surface area (Å²) in [7, 11) is 0. The Hall–Kier alpha value is -1.82. The van der Waals surface area contributed by atoms with Crippen molar-refractivity contribution < 1.29 is 19.1 Å². The predicted molar refractivity (Wildman–Crippen MR) is 72.1 cm³/mol. The van der Waals surface area contributed by atoms with Gasteiger partial charge in [0.15, 0.2) is 0 Å². The maximum absolute atomic E-state index is 11.9. The van der Waals surface area contributed by atoms with Gasteiger partial charge in [0.05, 0.1) is 18.8 Å². The number of furan rings is 1. The highest BCUT2D eigenvalue weighted by Gasteiger charge is 2.26. The molecular weight excluding hydrogens is 260 g/mol. The molecule has 0 aliphatic carbocycles. The van der Waals surface area contributed by atoms with Crippen LogP contribution >= 0.6 is 0 Å². The van der Waals surface area contributed by atoms with Crippen LogP contribution in [-0.2, 0) is 9.59 Å². The summed E-state index contributed by atoms with van der Waals surface area (Å²) < 4.78 is 5.23. The minimum absolute atomic E-state index is 0.0649. The van der Waals surface area contributed by atoms with Crippen molar-refractivity contribution in [2.45, 2.75) is 25.8 Å². The van der Waals surface area contributed by atoms with E-state index in [0.29, 0.717) is 13.1 Å². The third-order valence-electron chi connectivity index (χ3n) is 3.55. The molecule has 2 unspecified atom stereocenters. The summed E-state index contributed by atoms with van der Waals surface area (Å²) in [4.78, 5) is 24.6. The van der Waals surface area contributed by atoms with E-state index in [1.54, 1.807) is 12.3 Å². The van der Waals surface area contributed by atoms with Gasteiger partial charge in [-0.3, -0.25) is 14.5 Å². The molecule has 1 fully saturated rings. The van der Waals surface area contributed by atoms with E-state index < -0.39 is 5.97 Å². The van der Waals surface area contributed by atoms with Gasteiger partial charge in [0.1, 0.15) is 5.76 Å². The number of hydrogen-bond acceptors (Lipinski definition) is 4. The average molecular weight is 280 g/mol. The first kappa shape index (κ1) is 14.6. The molecule has 6 nitrogen and oxygen atoms in total. The number of hydrogen-bond donors (Lipinski definition) is 2. The van der Waals surface area contributed by atoms with Crippen LogP contribution in [0.5, 0.6) is 0 Å². The molecule has 0 saturated carbocycles. The van der Waals surface area contributed by atoms with Gasteiger partial charge in [-0.2, -0.15) is 0 Å². The fraction of sp³-hybridized carbons (Fsp3) is 0.571. The topological polar surface area (TPSA) is 82.8 Å². The predicted octanol–water partition coefficient (Wildman–Crippen LogP) is 1.25. The number of carboxylic acids is 1. The van der Waals surface area contributed by atoms with Crippen molar-refractivity contribution in [1.29, 1.82) is 0 Å². The van der Waals surface area contributed by atoms with Crippen LogP contribution in [-0.4, -0.2) is 41.5 Å². The standard InChI is InChI=1S/C14H20N2O4/c1-10(12-3-2-6-20-12)15-13(17)9-16-5-4-11(8-16)7-14(18)19/h2-3,6,10-11H,4-5,7-9H2,1H3,(H,15,17)(H,18,19). The summed E-state index contributed by atoms with van der Waals surface area (Å²) in [6.07, 6.45) is 2.60. The highest BCUT2D eigenvalue weighted by molar-refractivity contribution is 5.78. The first-order chi connectivity index (χ1) is 9.54. The lowest BCUT2D eigenvalue weighted by molar-refractivity contribution is -0.138. The molecule has 6 heteroatoms. The van der Waals surface area contributed by atoms with Gasteiger partial charge < -0.3 is 14.8 Å². The fourth-order valence-electron chi connectivity index (χ4n) is 2.57. The second kappa shape index (κ2) is 6.56. The van der Waals surface area contributed by atoms with Crippen molar-refractivity contribution in [3.05, 3.63) is 24.2 Å². The Morgan fingerprint density at radius 3 is 3.05 bits per heavy atom. The van der Waals surface area contributed by atoms with E-state index in [1.165, 1.54) is 0 Å². The molecular formula is C14H20N2O4.